The van der Waals surface area contributed by atoms with E-state index < -0.39 is 0 Å². The molecule has 0 saturated heterocycles. The first-order valence-electron chi connectivity index (χ1n) is 5.42. The summed E-state index contributed by atoms with van der Waals surface area (Å²) in [7, 11) is 1.82. The summed E-state index contributed by atoms with van der Waals surface area (Å²) < 4.78 is 7.24. The third kappa shape index (κ3) is 3.20. The highest BCUT2D eigenvalue weighted by molar-refractivity contribution is 6.30. The maximum absolute atomic E-state index is 6.09. The molecule has 0 aliphatic carbocycles. The molecule has 16 heavy (non-hydrogen) atoms. The molecule has 4 nitrogen and oxygen atoms in total. The van der Waals surface area contributed by atoms with E-state index in [1.807, 2.05) is 27.8 Å². The largest absolute Gasteiger partial charge is 0.375 e. The van der Waals surface area contributed by atoms with Gasteiger partial charge in [-0.25, -0.2) is 0 Å². The fraction of sp³-hybridized carbons (Fsp3) is 0.727. The standard InChI is InChI=1S/C11H20ClN3O/c1-5-11(3,13)7-16-6-9-8(2)14-15(4)10(9)12/h5-7,13H2,1-4H3. The Morgan fingerprint density at radius 1 is 1.56 bits per heavy atom. The summed E-state index contributed by atoms with van der Waals surface area (Å²) in [5.74, 6) is 0. The van der Waals surface area contributed by atoms with Crippen molar-refractivity contribution in [3.63, 3.8) is 0 Å². The highest BCUT2D eigenvalue weighted by Gasteiger charge is 2.17. The Kier molecular flexibility index (Phi) is 4.35. The van der Waals surface area contributed by atoms with Gasteiger partial charge in [-0.05, 0) is 20.3 Å². The van der Waals surface area contributed by atoms with Crippen LogP contribution in [0.4, 0.5) is 0 Å². The van der Waals surface area contributed by atoms with Gasteiger partial charge in [0.1, 0.15) is 5.15 Å². The zero-order valence-corrected chi connectivity index (χ0v) is 11.1. The van der Waals surface area contributed by atoms with Crippen molar-refractivity contribution in [2.45, 2.75) is 39.3 Å². The Balaban J connectivity index is 2.55. The lowest BCUT2D eigenvalue weighted by molar-refractivity contribution is 0.0775. The Labute approximate surface area is 102 Å². The fourth-order valence-electron chi connectivity index (χ4n) is 1.33. The Morgan fingerprint density at radius 3 is 2.62 bits per heavy atom. The van der Waals surface area contributed by atoms with Gasteiger partial charge in [0, 0.05) is 18.2 Å². The molecule has 5 heteroatoms. The first-order chi connectivity index (χ1) is 7.37. The summed E-state index contributed by atoms with van der Waals surface area (Å²) in [6, 6.07) is 0. The second kappa shape index (κ2) is 5.17. The summed E-state index contributed by atoms with van der Waals surface area (Å²) >= 11 is 6.09. The van der Waals surface area contributed by atoms with Crippen LogP contribution in [0.25, 0.3) is 0 Å². The van der Waals surface area contributed by atoms with Gasteiger partial charge in [0.05, 0.1) is 18.9 Å². The molecule has 0 amide bonds. The maximum atomic E-state index is 6.09. The van der Waals surface area contributed by atoms with Gasteiger partial charge in [0.15, 0.2) is 0 Å². The predicted molar refractivity (Wildman–Crippen MR) is 65.5 cm³/mol. The maximum Gasteiger partial charge on any atom is 0.132 e. The Hall–Kier alpha value is -0.580. The monoisotopic (exact) mass is 245 g/mol. The van der Waals surface area contributed by atoms with E-state index in [2.05, 4.69) is 5.10 Å². The van der Waals surface area contributed by atoms with Gasteiger partial charge in [-0.1, -0.05) is 18.5 Å². The highest BCUT2D eigenvalue weighted by atomic mass is 35.5. The Bertz CT molecular complexity index is 360. The van der Waals surface area contributed by atoms with Crippen molar-refractivity contribution in [2.24, 2.45) is 12.8 Å². The van der Waals surface area contributed by atoms with E-state index in [1.165, 1.54) is 0 Å². The average molecular weight is 246 g/mol. The molecule has 1 aromatic heterocycles. The molecule has 1 rings (SSSR count). The first kappa shape index (κ1) is 13.5. The van der Waals surface area contributed by atoms with E-state index in [9.17, 15) is 0 Å². The lowest BCUT2D eigenvalue weighted by atomic mass is 10.0. The van der Waals surface area contributed by atoms with Gasteiger partial charge in [0.2, 0.25) is 0 Å². The molecular formula is C11H20ClN3O. The third-order valence-corrected chi connectivity index (χ3v) is 3.23. The molecule has 0 fully saturated rings. The number of aromatic nitrogens is 2. The van der Waals surface area contributed by atoms with Crippen LogP contribution in [-0.4, -0.2) is 21.9 Å². The van der Waals surface area contributed by atoms with E-state index in [0.29, 0.717) is 18.4 Å². The van der Waals surface area contributed by atoms with Crippen molar-refractivity contribution < 1.29 is 4.74 Å². The van der Waals surface area contributed by atoms with E-state index in [0.717, 1.165) is 17.7 Å². The SMILES string of the molecule is CCC(C)(N)COCc1c(C)nn(C)c1Cl. The van der Waals surface area contributed by atoms with Crippen molar-refractivity contribution in [3.8, 4) is 0 Å². The third-order valence-electron chi connectivity index (χ3n) is 2.76. The number of nitrogens with zero attached hydrogens (tertiary/aromatic N) is 2. The molecule has 2 N–H and O–H groups in total. The minimum Gasteiger partial charge on any atom is -0.375 e. The molecule has 0 aromatic carbocycles. The highest BCUT2D eigenvalue weighted by Crippen LogP contribution is 2.20. The molecule has 0 aliphatic rings. The molecule has 1 aromatic rings. The molecule has 1 heterocycles. The van der Waals surface area contributed by atoms with Crippen LogP contribution in [0.5, 0.6) is 0 Å². The number of hydrogen-bond acceptors (Lipinski definition) is 3. The Morgan fingerprint density at radius 2 is 2.19 bits per heavy atom. The van der Waals surface area contributed by atoms with Gasteiger partial charge in [-0.15, -0.1) is 0 Å². The molecule has 92 valence electrons. The minimum absolute atomic E-state index is 0.275. The van der Waals surface area contributed by atoms with Crippen LogP contribution in [0.3, 0.4) is 0 Å². The van der Waals surface area contributed by atoms with Gasteiger partial charge in [-0.3, -0.25) is 4.68 Å². The number of hydrogen-bond donors (Lipinski definition) is 1. The van der Waals surface area contributed by atoms with Crippen LogP contribution in [0.15, 0.2) is 0 Å². The van der Waals surface area contributed by atoms with Crippen molar-refractivity contribution in [1.29, 1.82) is 0 Å². The molecule has 0 spiro atoms. The lowest BCUT2D eigenvalue weighted by Crippen LogP contribution is -2.40. The van der Waals surface area contributed by atoms with Crippen molar-refractivity contribution >= 4 is 11.6 Å². The van der Waals surface area contributed by atoms with Gasteiger partial charge in [-0.2, -0.15) is 5.10 Å². The topological polar surface area (TPSA) is 53.1 Å². The van der Waals surface area contributed by atoms with Crippen LogP contribution in [0, 0.1) is 6.92 Å². The molecular weight excluding hydrogens is 226 g/mol. The predicted octanol–water partition coefficient (Wildman–Crippen LogP) is 2.03. The summed E-state index contributed by atoms with van der Waals surface area (Å²) in [4.78, 5) is 0. The van der Waals surface area contributed by atoms with Crippen LogP contribution >= 0.6 is 11.6 Å². The van der Waals surface area contributed by atoms with Crippen LogP contribution < -0.4 is 5.73 Å². The molecule has 0 saturated carbocycles. The zero-order chi connectivity index (χ0) is 12.3. The smallest absolute Gasteiger partial charge is 0.132 e. The number of ether oxygens (including phenoxy) is 1. The number of aryl methyl sites for hydroxylation is 2. The van der Waals surface area contributed by atoms with Crippen molar-refractivity contribution in [2.75, 3.05) is 6.61 Å². The van der Waals surface area contributed by atoms with E-state index in [1.54, 1.807) is 4.68 Å². The van der Waals surface area contributed by atoms with Crippen LogP contribution in [-0.2, 0) is 18.4 Å². The van der Waals surface area contributed by atoms with Crippen molar-refractivity contribution in [3.05, 3.63) is 16.4 Å². The van der Waals surface area contributed by atoms with Crippen LogP contribution in [0.1, 0.15) is 31.5 Å². The quantitative estimate of drug-likeness (QED) is 0.864. The molecule has 1 unspecified atom stereocenters. The molecule has 0 radical (unpaired) electrons. The summed E-state index contributed by atoms with van der Waals surface area (Å²) in [5.41, 5.74) is 7.55. The zero-order valence-electron chi connectivity index (χ0n) is 10.4. The van der Waals surface area contributed by atoms with Gasteiger partial charge < -0.3 is 10.5 Å². The minimum atomic E-state index is -0.275. The summed E-state index contributed by atoms with van der Waals surface area (Å²) in [5, 5.41) is 4.85. The fourth-order valence-corrected chi connectivity index (χ4v) is 1.56. The summed E-state index contributed by atoms with van der Waals surface area (Å²) in [6.45, 7) is 6.93. The molecule has 0 aliphatic heterocycles. The number of halogens is 1. The van der Waals surface area contributed by atoms with E-state index >= 15 is 0 Å². The van der Waals surface area contributed by atoms with Crippen molar-refractivity contribution in [1.82, 2.24) is 9.78 Å². The lowest BCUT2D eigenvalue weighted by Gasteiger charge is -2.22. The normalized spacial score (nSPS) is 15.1. The molecule has 1 atom stereocenters. The van der Waals surface area contributed by atoms with E-state index in [4.69, 9.17) is 22.1 Å². The second-order valence-electron chi connectivity index (χ2n) is 4.48. The number of rotatable bonds is 5. The second-order valence-corrected chi connectivity index (χ2v) is 4.84. The van der Waals surface area contributed by atoms with Crippen LogP contribution in [0.2, 0.25) is 5.15 Å². The molecule has 0 bridgehead atoms. The van der Waals surface area contributed by atoms with Gasteiger partial charge in [0.25, 0.3) is 0 Å². The number of nitrogens with two attached hydrogens (primary N) is 1. The average Bonchev–Trinajstić information content (AvgIpc) is 2.44. The first-order valence-corrected chi connectivity index (χ1v) is 5.80. The van der Waals surface area contributed by atoms with Gasteiger partial charge >= 0.3 is 0 Å². The summed E-state index contributed by atoms with van der Waals surface area (Å²) in [6.07, 6.45) is 0.882. The van der Waals surface area contributed by atoms with E-state index in [-0.39, 0.29) is 5.54 Å².